The van der Waals surface area contributed by atoms with Crippen LogP contribution in [0, 0.1) is 0 Å². The highest BCUT2D eigenvalue weighted by atomic mass is 32.1. The number of rotatable bonds is 6. The van der Waals surface area contributed by atoms with E-state index in [4.69, 9.17) is 14.2 Å². The first kappa shape index (κ1) is 16.0. The zero-order valence-electron chi connectivity index (χ0n) is 13.3. The normalized spacial score (nSPS) is 10.6. The average Bonchev–Trinajstić information content (AvgIpc) is 3.19. The summed E-state index contributed by atoms with van der Waals surface area (Å²) in [5.41, 5.74) is 0.396. The van der Waals surface area contributed by atoms with E-state index in [9.17, 15) is 4.79 Å². The van der Waals surface area contributed by atoms with Gasteiger partial charge >= 0.3 is 0 Å². The van der Waals surface area contributed by atoms with Gasteiger partial charge in [-0.15, -0.1) is 10.2 Å². The number of carbonyl (C=O) groups excluding carboxylic acids is 1. The lowest BCUT2D eigenvalue weighted by Gasteiger charge is -2.13. The molecule has 0 aliphatic heterocycles. The topological polar surface area (TPSA) is 99.9 Å². The number of methoxy groups -OCH3 is 3. The predicted molar refractivity (Wildman–Crippen MR) is 85.9 cm³/mol. The van der Waals surface area contributed by atoms with Crippen LogP contribution in [0.2, 0.25) is 0 Å². The highest BCUT2D eigenvalue weighted by Crippen LogP contribution is 2.38. The van der Waals surface area contributed by atoms with Crippen molar-refractivity contribution in [1.82, 2.24) is 25.1 Å². The van der Waals surface area contributed by atoms with Crippen molar-refractivity contribution >= 4 is 22.2 Å². The molecule has 2 aromatic heterocycles. The van der Waals surface area contributed by atoms with Crippen molar-refractivity contribution in [3.8, 4) is 17.2 Å². The third-order valence-electron chi connectivity index (χ3n) is 3.26. The fraction of sp³-hybridized carbons (Fsp3) is 0.286. The molecule has 0 saturated heterocycles. The van der Waals surface area contributed by atoms with Crippen LogP contribution < -0.4 is 19.5 Å². The second-order valence-corrected chi connectivity index (χ2v) is 5.69. The van der Waals surface area contributed by atoms with Gasteiger partial charge in [0.05, 0.1) is 27.9 Å². The SMILES string of the molecule is COc1cc(C(=O)NCc2nn3cnnc3s2)cc(OC)c1OC. The molecule has 1 N–H and O–H groups in total. The Labute approximate surface area is 141 Å². The van der Waals surface area contributed by atoms with Gasteiger partial charge < -0.3 is 19.5 Å². The second kappa shape index (κ2) is 6.71. The van der Waals surface area contributed by atoms with Crippen molar-refractivity contribution in [3.05, 3.63) is 29.0 Å². The minimum atomic E-state index is -0.278. The van der Waals surface area contributed by atoms with E-state index >= 15 is 0 Å². The maximum atomic E-state index is 12.4. The molecule has 0 bridgehead atoms. The molecular formula is C14H15N5O4S. The Balaban J connectivity index is 1.77. The van der Waals surface area contributed by atoms with Crippen LogP contribution in [0.5, 0.6) is 17.2 Å². The van der Waals surface area contributed by atoms with E-state index in [1.54, 1.807) is 16.6 Å². The minimum absolute atomic E-state index is 0.278. The molecule has 9 nitrogen and oxygen atoms in total. The van der Waals surface area contributed by atoms with Gasteiger partial charge in [0.15, 0.2) is 11.5 Å². The van der Waals surface area contributed by atoms with Crippen LogP contribution >= 0.6 is 11.3 Å². The molecular weight excluding hydrogens is 334 g/mol. The van der Waals surface area contributed by atoms with E-state index in [1.807, 2.05) is 0 Å². The fourth-order valence-electron chi connectivity index (χ4n) is 2.14. The van der Waals surface area contributed by atoms with Gasteiger partial charge in [0, 0.05) is 5.56 Å². The summed E-state index contributed by atoms with van der Waals surface area (Å²) in [6.07, 6.45) is 1.51. The van der Waals surface area contributed by atoms with E-state index in [0.717, 1.165) is 5.01 Å². The number of nitrogens with zero attached hydrogens (tertiary/aromatic N) is 4. The number of benzene rings is 1. The summed E-state index contributed by atoms with van der Waals surface area (Å²) in [6, 6.07) is 3.19. The molecule has 10 heteroatoms. The van der Waals surface area contributed by atoms with Crippen LogP contribution in [-0.4, -0.2) is 47.0 Å². The Morgan fingerprint density at radius 3 is 2.50 bits per heavy atom. The largest absolute Gasteiger partial charge is 0.493 e. The maximum absolute atomic E-state index is 12.4. The Hall–Kier alpha value is -2.88. The van der Waals surface area contributed by atoms with Crippen molar-refractivity contribution in [2.75, 3.05) is 21.3 Å². The first-order valence-electron chi connectivity index (χ1n) is 6.90. The van der Waals surface area contributed by atoms with Crippen molar-refractivity contribution in [1.29, 1.82) is 0 Å². The van der Waals surface area contributed by atoms with Crippen LogP contribution in [0.15, 0.2) is 18.5 Å². The van der Waals surface area contributed by atoms with Crippen LogP contribution in [0.1, 0.15) is 15.4 Å². The lowest BCUT2D eigenvalue weighted by Crippen LogP contribution is -2.23. The maximum Gasteiger partial charge on any atom is 0.251 e. The molecule has 2 heterocycles. The Bertz CT molecular complexity index is 822. The molecule has 1 aromatic carbocycles. The van der Waals surface area contributed by atoms with E-state index in [0.29, 0.717) is 27.8 Å². The molecule has 0 aliphatic carbocycles. The van der Waals surface area contributed by atoms with Gasteiger partial charge in [-0.1, -0.05) is 11.3 Å². The van der Waals surface area contributed by atoms with Crippen LogP contribution in [0.4, 0.5) is 0 Å². The molecule has 3 aromatic rings. The first-order chi connectivity index (χ1) is 11.7. The molecule has 0 radical (unpaired) electrons. The van der Waals surface area contributed by atoms with Gasteiger partial charge in [0.25, 0.3) is 5.91 Å². The minimum Gasteiger partial charge on any atom is -0.493 e. The van der Waals surface area contributed by atoms with E-state index in [-0.39, 0.29) is 12.5 Å². The van der Waals surface area contributed by atoms with E-state index in [2.05, 4.69) is 20.6 Å². The first-order valence-corrected chi connectivity index (χ1v) is 7.72. The molecule has 0 aliphatic rings. The van der Waals surface area contributed by atoms with Gasteiger partial charge in [0.1, 0.15) is 11.3 Å². The lowest BCUT2D eigenvalue weighted by atomic mass is 10.1. The number of nitrogens with one attached hydrogen (secondary N) is 1. The van der Waals surface area contributed by atoms with Crippen molar-refractivity contribution in [2.45, 2.75) is 6.54 Å². The molecule has 126 valence electrons. The Kier molecular flexibility index (Phi) is 4.47. The zero-order valence-corrected chi connectivity index (χ0v) is 14.1. The summed E-state index contributed by atoms with van der Waals surface area (Å²) in [5, 5.41) is 15.4. The summed E-state index contributed by atoms with van der Waals surface area (Å²) in [4.78, 5) is 13.1. The average molecular weight is 349 g/mol. The summed E-state index contributed by atoms with van der Waals surface area (Å²) >= 11 is 1.36. The molecule has 0 atom stereocenters. The third kappa shape index (κ3) is 2.95. The number of carbonyl (C=O) groups is 1. The smallest absolute Gasteiger partial charge is 0.251 e. The number of hydrogen-bond acceptors (Lipinski definition) is 8. The Morgan fingerprint density at radius 2 is 1.92 bits per heavy atom. The summed E-state index contributed by atoms with van der Waals surface area (Å²) in [6.45, 7) is 0.281. The summed E-state index contributed by atoms with van der Waals surface area (Å²) < 4.78 is 17.3. The highest BCUT2D eigenvalue weighted by molar-refractivity contribution is 7.16. The van der Waals surface area contributed by atoms with Crippen molar-refractivity contribution < 1.29 is 19.0 Å². The number of hydrogen-bond donors (Lipinski definition) is 1. The van der Waals surface area contributed by atoms with Gasteiger partial charge in [-0.05, 0) is 12.1 Å². The predicted octanol–water partition coefficient (Wildman–Crippen LogP) is 1.14. The molecule has 1 amide bonds. The number of fused-ring (bicyclic) bond motifs is 1. The number of ether oxygens (including phenoxy) is 3. The molecule has 24 heavy (non-hydrogen) atoms. The van der Waals surface area contributed by atoms with Crippen LogP contribution in [0.25, 0.3) is 4.96 Å². The second-order valence-electron chi connectivity index (χ2n) is 4.65. The van der Waals surface area contributed by atoms with Crippen molar-refractivity contribution in [3.63, 3.8) is 0 Å². The monoisotopic (exact) mass is 349 g/mol. The highest BCUT2D eigenvalue weighted by Gasteiger charge is 2.17. The quantitative estimate of drug-likeness (QED) is 0.712. The molecule has 3 rings (SSSR count). The zero-order chi connectivity index (χ0) is 17.1. The van der Waals surface area contributed by atoms with E-state index < -0.39 is 0 Å². The lowest BCUT2D eigenvalue weighted by molar-refractivity contribution is 0.0950. The summed E-state index contributed by atoms with van der Waals surface area (Å²) in [7, 11) is 4.50. The summed E-state index contributed by atoms with van der Waals surface area (Å²) in [5.74, 6) is 0.993. The van der Waals surface area contributed by atoms with Gasteiger partial charge in [-0.3, -0.25) is 4.79 Å². The fourth-order valence-corrected chi connectivity index (χ4v) is 2.90. The van der Waals surface area contributed by atoms with Gasteiger partial charge in [-0.2, -0.15) is 9.61 Å². The Morgan fingerprint density at radius 1 is 1.21 bits per heavy atom. The molecule has 0 unspecified atom stereocenters. The van der Waals surface area contributed by atoms with E-state index in [1.165, 1.54) is 39.0 Å². The number of amides is 1. The third-order valence-corrected chi connectivity index (χ3v) is 4.17. The van der Waals surface area contributed by atoms with Gasteiger partial charge in [0.2, 0.25) is 10.7 Å². The molecule has 0 spiro atoms. The molecule has 0 fully saturated rings. The number of aromatic nitrogens is 4. The molecule has 0 saturated carbocycles. The van der Waals surface area contributed by atoms with Crippen molar-refractivity contribution in [2.24, 2.45) is 0 Å². The van der Waals surface area contributed by atoms with Gasteiger partial charge in [-0.25, -0.2) is 0 Å². The standard InChI is InChI=1S/C14H15N5O4S/c1-21-9-4-8(5-10(22-2)12(9)23-3)13(20)15-6-11-18-19-7-16-17-14(19)24-11/h4-5,7H,6H2,1-3H3,(H,15,20). The van der Waals surface area contributed by atoms with Crippen LogP contribution in [0.3, 0.4) is 0 Å². The van der Waals surface area contributed by atoms with Crippen LogP contribution in [-0.2, 0) is 6.54 Å².